The molecule has 0 bridgehead atoms. The van der Waals surface area contributed by atoms with Crippen LogP contribution in [-0.4, -0.2) is 25.2 Å². The van der Waals surface area contributed by atoms with E-state index in [1.807, 2.05) is 0 Å². The Morgan fingerprint density at radius 3 is 2.28 bits per heavy atom. The Morgan fingerprint density at radius 2 is 1.83 bits per heavy atom. The first-order chi connectivity index (χ1) is 8.12. The number of nitrogens with one attached hydrogen (secondary N) is 1. The molecule has 18 heavy (non-hydrogen) atoms. The van der Waals surface area contributed by atoms with Crippen molar-refractivity contribution in [3.05, 3.63) is 34.3 Å². The number of carboxylic acid groups (broad SMARTS) is 1. The van der Waals surface area contributed by atoms with Gasteiger partial charge in [-0.2, -0.15) is 0 Å². The Kier molecular flexibility index (Phi) is 4.52. The van der Waals surface area contributed by atoms with E-state index in [1.165, 1.54) is 0 Å². The predicted molar refractivity (Wildman–Crippen MR) is 71.7 cm³/mol. The highest BCUT2D eigenvalue weighted by Crippen LogP contribution is 2.23. The number of halogens is 1. The standard InChI is InChI=1S/C11H14BrNO4S/c1-11(2,8-3-5-9(12)6-4-8)13-18(16,17)7-10(14)15/h3-6,13H,7H2,1-2H3,(H,14,15). The Labute approximate surface area is 114 Å². The second-order valence-corrected chi connectivity index (χ2v) is 7.02. The van der Waals surface area contributed by atoms with Gasteiger partial charge < -0.3 is 5.11 Å². The normalized spacial score (nSPS) is 12.4. The highest BCUT2D eigenvalue weighted by atomic mass is 79.9. The van der Waals surface area contributed by atoms with Gasteiger partial charge in [0.1, 0.15) is 0 Å². The Morgan fingerprint density at radius 1 is 1.33 bits per heavy atom. The number of benzene rings is 1. The van der Waals surface area contributed by atoms with Crippen LogP contribution in [0.3, 0.4) is 0 Å². The van der Waals surface area contributed by atoms with Gasteiger partial charge in [-0.15, -0.1) is 0 Å². The molecule has 0 aromatic heterocycles. The predicted octanol–water partition coefficient (Wildman–Crippen LogP) is 1.69. The minimum Gasteiger partial charge on any atom is -0.480 e. The third kappa shape index (κ3) is 4.40. The third-order valence-electron chi connectivity index (χ3n) is 2.29. The van der Waals surface area contributed by atoms with Crippen molar-refractivity contribution in [1.29, 1.82) is 0 Å². The van der Waals surface area contributed by atoms with Crippen molar-refractivity contribution in [2.45, 2.75) is 19.4 Å². The molecule has 0 fully saturated rings. The smallest absolute Gasteiger partial charge is 0.320 e. The van der Waals surface area contributed by atoms with E-state index in [2.05, 4.69) is 20.7 Å². The first-order valence-corrected chi connectivity index (χ1v) is 7.56. The van der Waals surface area contributed by atoms with Gasteiger partial charge in [0.05, 0.1) is 5.54 Å². The lowest BCUT2D eigenvalue weighted by molar-refractivity contribution is -0.134. The Bertz CT molecular complexity index is 537. The van der Waals surface area contributed by atoms with E-state index in [9.17, 15) is 13.2 Å². The molecule has 0 amide bonds. The van der Waals surface area contributed by atoms with E-state index in [-0.39, 0.29) is 0 Å². The molecule has 0 atom stereocenters. The van der Waals surface area contributed by atoms with Crippen LogP contribution in [0.4, 0.5) is 0 Å². The van der Waals surface area contributed by atoms with E-state index in [1.54, 1.807) is 38.1 Å². The summed E-state index contributed by atoms with van der Waals surface area (Å²) in [5.41, 5.74) is -0.116. The molecule has 100 valence electrons. The van der Waals surface area contributed by atoms with E-state index in [0.717, 1.165) is 10.0 Å². The monoisotopic (exact) mass is 335 g/mol. The zero-order valence-electron chi connectivity index (χ0n) is 9.97. The van der Waals surface area contributed by atoms with Crippen molar-refractivity contribution in [3.63, 3.8) is 0 Å². The van der Waals surface area contributed by atoms with E-state index >= 15 is 0 Å². The van der Waals surface area contributed by atoms with Gasteiger partial charge in [-0.1, -0.05) is 28.1 Å². The minimum atomic E-state index is -3.86. The minimum absolute atomic E-state index is 0.750. The summed E-state index contributed by atoms with van der Waals surface area (Å²) in [6.07, 6.45) is 0. The van der Waals surface area contributed by atoms with Crippen LogP contribution in [0.15, 0.2) is 28.7 Å². The molecule has 1 aromatic rings. The molecule has 2 N–H and O–H groups in total. The fourth-order valence-electron chi connectivity index (χ4n) is 1.51. The van der Waals surface area contributed by atoms with Crippen LogP contribution in [0.2, 0.25) is 0 Å². The van der Waals surface area contributed by atoms with Crippen LogP contribution in [0.5, 0.6) is 0 Å². The first kappa shape index (κ1) is 15.1. The Hall–Kier alpha value is -0.920. The molecular formula is C11H14BrNO4S. The summed E-state index contributed by atoms with van der Waals surface area (Å²) in [7, 11) is -3.86. The number of carboxylic acids is 1. The molecule has 0 aliphatic carbocycles. The molecule has 0 saturated heterocycles. The van der Waals surface area contributed by atoms with Gasteiger partial charge in [0.25, 0.3) is 0 Å². The van der Waals surface area contributed by atoms with Crippen molar-refractivity contribution < 1.29 is 18.3 Å². The van der Waals surface area contributed by atoms with Crippen LogP contribution in [0.1, 0.15) is 19.4 Å². The molecule has 0 heterocycles. The van der Waals surface area contributed by atoms with Crippen molar-refractivity contribution in [2.75, 3.05) is 5.75 Å². The average Bonchev–Trinajstić information content (AvgIpc) is 2.13. The van der Waals surface area contributed by atoms with Crippen LogP contribution < -0.4 is 4.72 Å². The third-order valence-corrected chi connectivity index (χ3v) is 4.27. The lowest BCUT2D eigenvalue weighted by atomic mass is 9.96. The molecule has 0 spiro atoms. The first-order valence-electron chi connectivity index (χ1n) is 5.12. The van der Waals surface area contributed by atoms with E-state index in [0.29, 0.717) is 0 Å². The molecule has 0 unspecified atom stereocenters. The van der Waals surface area contributed by atoms with Crippen molar-refractivity contribution in [3.8, 4) is 0 Å². The second kappa shape index (κ2) is 5.38. The number of hydrogen-bond donors (Lipinski definition) is 2. The highest BCUT2D eigenvalue weighted by molar-refractivity contribution is 9.10. The van der Waals surface area contributed by atoms with Gasteiger partial charge in [0.15, 0.2) is 5.75 Å². The summed E-state index contributed by atoms with van der Waals surface area (Å²) in [5.74, 6) is -2.32. The topological polar surface area (TPSA) is 83.5 Å². The average molecular weight is 336 g/mol. The Balaban J connectivity index is 2.94. The van der Waals surface area contributed by atoms with Crippen LogP contribution in [-0.2, 0) is 20.4 Å². The lowest BCUT2D eigenvalue weighted by Crippen LogP contribution is -2.43. The zero-order chi connectivity index (χ0) is 14.0. The summed E-state index contributed by atoms with van der Waals surface area (Å²) < 4.78 is 26.5. The largest absolute Gasteiger partial charge is 0.480 e. The van der Waals surface area contributed by atoms with Gasteiger partial charge in [0, 0.05) is 4.47 Å². The fraction of sp³-hybridized carbons (Fsp3) is 0.364. The van der Waals surface area contributed by atoms with Gasteiger partial charge in [0.2, 0.25) is 10.0 Å². The molecule has 1 aromatic carbocycles. The molecule has 5 nitrogen and oxygen atoms in total. The van der Waals surface area contributed by atoms with Crippen LogP contribution in [0, 0.1) is 0 Å². The quantitative estimate of drug-likeness (QED) is 0.857. The zero-order valence-corrected chi connectivity index (χ0v) is 12.4. The van der Waals surface area contributed by atoms with E-state index < -0.39 is 27.3 Å². The summed E-state index contributed by atoms with van der Waals surface area (Å²) >= 11 is 3.29. The van der Waals surface area contributed by atoms with Crippen molar-refractivity contribution in [2.24, 2.45) is 0 Å². The molecule has 0 radical (unpaired) electrons. The highest BCUT2D eigenvalue weighted by Gasteiger charge is 2.28. The van der Waals surface area contributed by atoms with Gasteiger partial charge >= 0.3 is 5.97 Å². The van der Waals surface area contributed by atoms with Crippen LogP contribution in [0.25, 0.3) is 0 Å². The van der Waals surface area contributed by atoms with Gasteiger partial charge in [-0.3, -0.25) is 4.79 Å². The molecule has 7 heteroatoms. The maximum Gasteiger partial charge on any atom is 0.320 e. The van der Waals surface area contributed by atoms with Gasteiger partial charge in [-0.25, -0.2) is 13.1 Å². The maximum absolute atomic E-state index is 11.6. The molecule has 0 aliphatic heterocycles. The number of aliphatic carboxylic acids is 1. The number of sulfonamides is 1. The lowest BCUT2D eigenvalue weighted by Gasteiger charge is -2.26. The summed E-state index contributed by atoms with van der Waals surface area (Å²) in [6.45, 7) is 3.35. The van der Waals surface area contributed by atoms with Crippen molar-refractivity contribution >= 4 is 31.9 Å². The van der Waals surface area contributed by atoms with E-state index in [4.69, 9.17) is 5.11 Å². The van der Waals surface area contributed by atoms with Gasteiger partial charge in [-0.05, 0) is 31.5 Å². The van der Waals surface area contributed by atoms with Crippen molar-refractivity contribution in [1.82, 2.24) is 4.72 Å². The second-order valence-electron chi connectivity index (χ2n) is 4.39. The fourth-order valence-corrected chi connectivity index (χ4v) is 3.07. The molecule has 1 rings (SSSR count). The molecule has 0 saturated carbocycles. The summed E-state index contributed by atoms with van der Waals surface area (Å²) in [4.78, 5) is 10.5. The SMILES string of the molecule is CC(C)(NS(=O)(=O)CC(=O)O)c1ccc(Br)cc1. The molecule has 0 aliphatic rings. The maximum atomic E-state index is 11.6. The van der Waals surface area contributed by atoms with Crippen LogP contribution >= 0.6 is 15.9 Å². The number of hydrogen-bond acceptors (Lipinski definition) is 3. The summed E-state index contributed by atoms with van der Waals surface area (Å²) in [5, 5.41) is 8.53. The molecular weight excluding hydrogens is 322 g/mol. The number of carbonyl (C=O) groups is 1. The number of rotatable bonds is 5. The summed E-state index contributed by atoms with van der Waals surface area (Å²) in [6, 6.07) is 7.13.